The van der Waals surface area contributed by atoms with E-state index in [-0.39, 0.29) is 17.4 Å². The Hall–Kier alpha value is -2.15. The summed E-state index contributed by atoms with van der Waals surface area (Å²) in [4.78, 5) is 32.0. The van der Waals surface area contributed by atoms with Crippen molar-refractivity contribution in [2.75, 3.05) is 12.4 Å². The van der Waals surface area contributed by atoms with Crippen molar-refractivity contribution in [3.05, 3.63) is 33.4 Å². The molecule has 7 heteroatoms. The summed E-state index contributed by atoms with van der Waals surface area (Å²) in [7, 11) is 1.36. The van der Waals surface area contributed by atoms with E-state index in [9.17, 15) is 9.59 Å². The summed E-state index contributed by atoms with van der Waals surface area (Å²) in [6.45, 7) is 7.94. The van der Waals surface area contributed by atoms with Crippen molar-refractivity contribution in [2.45, 2.75) is 52.1 Å². The Labute approximate surface area is 156 Å². The Morgan fingerprint density at radius 3 is 2.81 bits per heavy atom. The molecule has 0 saturated carbocycles. The Balaban J connectivity index is 2.15. The zero-order chi connectivity index (χ0) is 18.8. The maximum Gasteiger partial charge on any atom is 0.328 e. The number of aromatic nitrogens is 2. The summed E-state index contributed by atoms with van der Waals surface area (Å²) >= 11 is 1.60. The maximum absolute atomic E-state index is 13.2. The van der Waals surface area contributed by atoms with Gasteiger partial charge in [-0.3, -0.25) is 9.36 Å². The number of esters is 1. The van der Waals surface area contributed by atoms with E-state index >= 15 is 0 Å². The highest BCUT2D eigenvalue weighted by Crippen LogP contribution is 2.34. The molecule has 0 aliphatic heterocycles. The van der Waals surface area contributed by atoms with Gasteiger partial charge in [-0.1, -0.05) is 19.9 Å². The number of carbonyl (C=O) groups is 1. The number of rotatable bonds is 6. The minimum absolute atomic E-state index is 0.0104. The fraction of sp³-hybridized carbons (Fsp3) is 0.526. The number of fused-ring (bicyclic) bond motifs is 3. The third-order valence-corrected chi connectivity index (χ3v) is 5.98. The molecule has 1 N–H and O–H groups in total. The fourth-order valence-corrected chi connectivity index (χ4v) is 4.66. The minimum atomic E-state index is -0.574. The van der Waals surface area contributed by atoms with Crippen LogP contribution in [0.2, 0.25) is 0 Å². The lowest BCUT2D eigenvalue weighted by atomic mass is 9.97. The second-order valence-electron chi connectivity index (χ2n) is 6.92. The molecule has 1 aliphatic rings. The Bertz CT molecular complexity index is 898. The number of aryl methyl sites for hydroxylation is 2. The minimum Gasteiger partial charge on any atom is -0.467 e. The second kappa shape index (κ2) is 7.61. The van der Waals surface area contributed by atoms with Gasteiger partial charge in [-0.25, -0.2) is 9.78 Å². The predicted octanol–water partition coefficient (Wildman–Crippen LogP) is 3.13. The molecule has 2 aromatic heterocycles. The normalized spacial score (nSPS) is 14.9. The summed E-state index contributed by atoms with van der Waals surface area (Å²) in [5, 5.41) is 3.86. The molecule has 2 heterocycles. The zero-order valence-electron chi connectivity index (χ0n) is 15.5. The molecule has 0 fully saturated rings. The molecule has 0 radical (unpaired) electrons. The zero-order valence-corrected chi connectivity index (χ0v) is 16.3. The number of anilines is 1. The third-order valence-electron chi connectivity index (χ3n) is 4.79. The van der Waals surface area contributed by atoms with Gasteiger partial charge in [-0.2, -0.15) is 0 Å². The van der Waals surface area contributed by atoms with Crippen molar-refractivity contribution in [3.63, 3.8) is 0 Å². The first-order valence-corrected chi connectivity index (χ1v) is 9.80. The lowest BCUT2D eigenvalue weighted by Crippen LogP contribution is -2.38. The molecule has 0 spiro atoms. The summed E-state index contributed by atoms with van der Waals surface area (Å²) in [5.74, 6) is 0.0128. The molecule has 1 aliphatic carbocycles. The van der Waals surface area contributed by atoms with Gasteiger partial charge in [0, 0.05) is 11.4 Å². The maximum atomic E-state index is 13.2. The Morgan fingerprint density at radius 2 is 2.15 bits per heavy atom. The van der Waals surface area contributed by atoms with Crippen molar-refractivity contribution >= 4 is 33.5 Å². The van der Waals surface area contributed by atoms with Gasteiger partial charge in [-0.15, -0.1) is 17.9 Å². The topological polar surface area (TPSA) is 73.2 Å². The number of nitrogens with one attached hydrogen (secondary N) is 1. The van der Waals surface area contributed by atoms with Crippen LogP contribution in [0, 0.1) is 5.92 Å². The van der Waals surface area contributed by atoms with Crippen molar-refractivity contribution in [2.24, 2.45) is 5.92 Å². The molecule has 0 aromatic carbocycles. The summed E-state index contributed by atoms with van der Waals surface area (Å²) < 4.78 is 6.46. The Kier molecular flexibility index (Phi) is 5.46. The van der Waals surface area contributed by atoms with Gasteiger partial charge in [0.25, 0.3) is 5.56 Å². The first kappa shape index (κ1) is 18.6. The van der Waals surface area contributed by atoms with Crippen LogP contribution in [0.4, 0.5) is 5.95 Å². The number of nitrogens with zero attached hydrogens (tertiary/aromatic N) is 2. The predicted molar refractivity (Wildman–Crippen MR) is 105 cm³/mol. The number of thiophene rings is 1. The number of ether oxygens (including phenoxy) is 1. The molecule has 26 heavy (non-hydrogen) atoms. The van der Waals surface area contributed by atoms with E-state index < -0.39 is 6.04 Å². The quantitative estimate of drug-likeness (QED) is 0.620. The molecule has 0 saturated heterocycles. The van der Waals surface area contributed by atoms with E-state index in [4.69, 9.17) is 9.72 Å². The number of hydrogen-bond donors (Lipinski definition) is 1. The number of methoxy groups -OCH3 is 1. The molecule has 140 valence electrons. The highest BCUT2D eigenvalue weighted by molar-refractivity contribution is 7.18. The Morgan fingerprint density at radius 1 is 1.42 bits per heavy atom. The van der Waals surface area contributed by atoms with Crippen LogP contribution in [0.5, 0.6) is 0 Å². The smallest absolute Gasteiger partial charge is 0.328 e. The summed E-state index contributed by atoms with van der Waals surface area (Å²) in [6.07, 6.45) is 5.88. The van der Waals surface area contributed by atoms with E-state index in [1.54, 1.807) is 22.0 Å². The van der Waals surface area contributed by atoms with Gasteiger partial charge in [0.1, 0.15) is 10.9 Å². The van der Waals surface area contributed by atoms with Crippen LogP contribution in [0.3, 0.4) is 0 Å². The molecular formula is C19H25N3O3S. The van der Waals surface area contributed by atoms with Gasteiger partial charge < -0.3 is 10.1 Å². The van der Waals surface area contributed by atoms with Crippen molar-refractivity contribution in [1.82, 2.24) is 9.55 Å². The fourth-order valence-electron chi connectivity index (χ4n) is 3.41. The van der Waals surface area contributed by atoms with Gasteiger partial charge >= 0.3 is 5.97 Å². The van der Waals surface area contributed by atoms with Crippen LogP contribution in [0.25, 0.3) is 10.2 Å². The van der Waals surface area contributed by atoms with Crippen LogP contribution in [0.1, 0.15) is 37.1 Å². The average Bonchev–Trinajstić information content (AvgIpc) is 3.00. The molecule has 1 atom stereocenters. The average molecular weight is 375 g/mol. The highest BCUT2D eigenvalue weighted by Gasteiger charge is 2.27. The van der Waals surface area contributed by atoms with Gasteiger partial charge in [-0.05, 0) is 37.2 Å². The van der Waals surface area contributed by atoms with Gasteiger partial charge in [0.05, 0.1) is 12.5 Å². The second-order valence-corrected chi connectivity index (χ2v) is 8.00. The van der Waals surface area contributed by atoms with E-state index in [1.807, 2.05) is 13.8 Å². The molecule has 0 amide bonds. The van der Waals surface area contributed by atoms with E-state index in [0.717, 1.165) is 41.5 Å². The molecule has 2 aromatic rings. The first-order valence-electron chi connectivity index (χ1n) is 8.98. The van der Waals surface area contributed by atoms with Gasteiger partial charge in [0.2, 0.25) is 5.95 Å². The summed E-state index contributed by atoms with van der Waals surface area (Å²) in [6, 6.07) is -0.574. The van der Waals surface area contributed by atoms with Crippen LogP contribution in [0.15, 0.2) is 17.4 Å². The van der Waals surface area contributed by atoms with E-state index in [1.165, 1.54) is 12.0 Å². The lowest BCUT2D eigenvalue weighted by Gasteiger charge is -2.22. The van der Waals surface area contributed by atoms with Crippen LogP contribution < -0.4 is 10.9 Å². The molecule has 6 nitrogen and oxygen atoms in total. The molecule has 0 bridgehead atoms. The van der Waals surface area contributed by atoms with Crippen molar-refractivity contribution in [3.8, 4) is 0 Å². The number of carbonyl (C=O) groups excluding carboxylic acids is 1. The molecule has 3 rings (SSSR count). The lowest BCUT2D eigenvalue weighted by molar-refractivity contribution is -0.142. The first-order chi connectivity index (χ1) is 12.5. The molecular weight excluding hydrogens is 350 g/mol. The van der Waals surface area contributed by atoms with Crippen LogP contribution in [-0.4, -0.2) is 28.7 Å². The summed E-state index contributed by atoms with van der Waals surface area (Å²) in [5.41, 5.74) is 1.09. The van der Waals surface area contributed by atoms with E-state index in [2.05, 4.69) is 11.9 Å². The number of hydrogen-bond acceptors (Lipinski definition) is 6. The van der Waals surface area contributed by atoms with Crippen molar-refractivity contribution in [1.29, 1.82) is 0 Å². The SMILES string of the molecule is C=CCn1c(NC(C(=O)OC)C(C)C)nc2sc3c(c2c1=O)CCCC3. The van der Waals surface area contributed by atoms with Crippen LogP contribution >= 0.6 is 11.3 Å². The van der Waals surface area contributed by atoms with Crippen LogP contribution in [-0.2, 0) is 28.9 Å². The molecule has 1 unspecified atom stereocenters. The van der Waals surface area contributed by atoms with E-state index in [0.29, 0.717) is 12.5 Å². The van der Waals surface area contributed by atoms with Crippen molar-refractivity contribution < 1.29 is 9.53 Å². The highest BCUT2D eigenvalue weighted by atomic mass is 32.1. The van der Waals surface area contributed by atoms with Gasteiger partial charge in [0.15, 0.2) is 0 Å². The monoisotopic (exact) mass is 375 g/mol. The number of allylic oxidation sites excluding steroid dienone is 1. The third kappa shape index (κ3) is 3.28. The standard InChI is InChI=1S/C19H25N3O3S/c1-5-10-22-17(23)14-12-8-6-7-9-13(12)26-16(14)21-19(22)20-15(11(2)3)18(24)25-4/h5,11,15H,1,6-10H2,2-4H3,(H,20,21). The largest absolute Gasteiger partial charge is 0.467 e.